The van der Waals surface area contributed by atoms with Crippen LogP contribution in [0.25, 0.3) is 0 Å². The minimum absolute atomic E-state index is 0.715. The first-order valence-corrected chi connectivity index (χ1v) is 15.1. The van der Waals surface area contributed by atoms with E-state index >= 15 is 0 Å². The molecule has 0 spiro atoms. The Bertz CT molecular complexity index is 1030. The van der Waals surface area contributed by atoms with Crippen LogP contribution in [0, 0.1) is 0 Å². The van der Waals surface area contributed by atoms with E-state index in [1.54, 1.807) is 0 Å². The van der Waals surface area contributed by atoms with Crippen molar-refractivity contribution in [2.45, 2.75) is 130 Å². The number of aliphatic hydroxyl groups is 13. The zero-order valence-electron chi connectivity index (χ0n) is 25.5. The maximum absolute atomic E-state index is 11.9. The van der Waals surface area contributed by atoms with Crippen molar-refractivity contribution in [1.82, 2.24) is 5.32 Å². The highest BCUT2D eigenvalue weighted by atomic mass is 16.8. The molecule has 0 aromatic carbocycles. The molecule has 20 atom stereocenters. The second kappa shape index (κ2) is 16.8. The predicted molar refractivity (Wildman–Crippen MR) is 145 cm³/mol. The Morgan fingerprint density at radius 2 is 1.19 bits per heavy atom. The quantitative estimate of drug-likeness (QED) is 0.0895. The van der Waals surface area contributed by atoms with Gasteiger partial charge >= 0.3 is 0 Å². The Morgan fingerprint density at radius 1 is 0.646 bits per heavy atom. The second-order valence-corrected chi connectivity index (χ2v) is 11.9. The van der Waals surface area contributed by atoms with Gasteiger partial charge in [-0.05, 0) is 0 Å². The summed E-state index contributed by atoms with van der Waals surface area (Å²) >= 11 is 0. The smallest absolute Gasteiger partial charge is 0.217 e. The molecule has 22 nitrogen and oxygen atoms in total. The van der Waals surface area contributed by atoms with Crippen molar-refractivity contribution in [2.24, 2.45) is 0 Å². The minimum atomic E-state index is -1.94. The lowest BCUT2D eigenvalue weighted by Gasteiger charge is -2.47. The maximum atomic E-state index is 11.9. The van der Waals surface area contributed by atoms with Gasteiger partial charge in [0.2, 0.25) is 5.91 Å². The summed E-state index contributed by atoms with van der Waals surface area (Å²) in [5, 5.41) is 135. The lowest BCUT2D eigenvalue weighted by molar-refractivity contribution is -0.361. The van der Waals surface area contributed by atoms with Crippen LogP contribution in [0.3, 0.4) is 0 Å². The number of hydrogen-bond acceptors (Lipinski definition) is 21. The molecule has 4 aliphatic rings. The molecule has 14 N–H and O–H groups in total. The standard InChI is InChI=1S/C26H45NO21/c1-6(31)27-11-15(36)14(35)10(45-24(11)47-21-16(37)12(33)8(3-29)43-23(21)41)5-42-26-22(17(38)13(34)9(4-30)44-26)48-25-19(40)18(39)20(46-25)7(32)2-28/h7-26,28-30,32-41H,2-5H2,1H3,(H,27,31)/t7?,8?,9?,10?,11?,12-,13+,14-,15?,16?,17?,18?,19?,20+,21?,22?,23+,24+,25-,26+/m1/s1. The van der Waals surface area contributed by atoms with Crippen LogP contribution in [-0.2, 0) is 38.0 Å². The number of amides is 1. The van der Waals surface area contributed by atoms with E-state index in [0.717, 1.165) is 6.92 Å². The van der Waals surface area contributed by atoms with Crippen LogP contribution in [0.15, 0.2) is 0 Å². The number of carbonyl (C=O) groups excluding carboxylic acids is 1. The summed E-state index contributed by atoms with van der Waals surface area (Å²) in [7, 11) is 0. The van der Waals surface area contributed by atoms with Gasteiger partial charge in [-0.1, -0.05) is 0 Å². The van der Waals surface area contributed by atoms with E-state index in [9.17, 15) is 71.2 Å². The Hall–Kier alpha value is -1.33. The summed E-state index contributed by atoms with van der Waals surface area (Å²) in [6.45, 7) is -2.13. The van der Waals surface area contributed by atoms with Crippen molar-refractivity contribution in [3.63, 3.8) is 0 Å². The molecule has 0 bridgehead atoms. The lowest BCUT2D eigenvalue weighted by Crippen LogP contribution is -2.68. The van der Waals surface area contributed by atoms with Gasteiger partial charge in [0.15, 0.2) is 25.2 Å². The highest BCUT2D eigenvalue weighted by Gasteiger charge is 2.54. The first-order valence-electron chi connectivity index (χ1n) is 15.1. The molecular formula is C26H45NO21. The fraction of sp³-hybridized carbons (Fsp3) is 0.962. The summed E-state index contributed by atoms with van der Waals surface area (Å²) in [4.78, 5) is 11.9. The molecule has 0 saturated carbocycles. The molecular weight excluding hydrogens is 662 g/mol. The molecule has 22 heteroatoms. The topological polar surface area (TPSA) is 357 Å². The molecule has 4 rings (SSSR count). The van der Waals surface area contributed by atoms with E-state index in [2.05, 4.69) is 5.32 Å². The molecule has 0 aromatic heterocycles. The number of rotatable bonds is 12. The molecule has 1 amide bonds. The summed E-state index contributed by atoms with van der Waals surface area (Å²) in [6, 6.07) is -1.53. The van der Waals surface area contributed by atoms with Gasteiger partial charge < -0.3 is 105 Å². The van der Waals surface area contributed by atoms with Crippen LogP contribution in [0.1, 0.15) is 6.92 Å². The van der Waals surface area contributed by atoms with Crippen LogP contribution in [0.2, 0.25) is 0 Å². The number of hydrogen-bond donors (Lipinski definition) is 14. The summed E-state index contributed by atoms with van der Waals surface area (Å²) in [6.07, 6.45) is -32.9. The maximum Gasteiger partial charge on any atom is 0.217 e. The highest BCUT2D eigenvalue weighted by Crippen LogP contribution is 2.33. The third kappa shape index (κ3) is 8.24. The van der Waals surface area contributed by atoms with Crippen LogP contribution >= 0.6 is 0 Å². The van der Waals surface area contributed by atoms with Crippen molar-refractivity contribution in [3.05, 3.63) is 0 Å². The average Bonchev–Trinajstić information content (AvgIpc) is 3.34. The van der Waals surface area contributed by atoms with Gasteiger partial charge in [-0.25, -0.2) is 0 Å². The van der Waals surface area contributed by atoms with Gasteiger partial charge in [0, 0.05) is 6.92 Å². The second-order valence-electron chi connectivity index (χ2n) is 11.9. The lowest BCUT2D eigenvalue weighted by atomic mass is 9.95. The minimum Gasteiger partial charge on any atom is -0.394 e. The van der Waals surface area contributed by atoms with Crippen molar-refractivity contribution in [1.29, 1.82) is 0 Å². The van der Waals surface area contributed by atoms with Gasteiger partial charge in [-0.15, -0.1) is 0 Å². The molecule has 0 radical (unpaired) electrons. The molecule has 0 aliphatic carbocycles. The fourth-order valence-electron chi connectivity index (χ4n) is 5.83. The summed E-state index contributed by atoms with van der Waals surface area (Å²) in [5.41, 5.74) is 0. The molecule has 280 valence electrons. The van der Waals surface area contributed by atoms with E-state index < -0.39 is 155 Å². The van der Waals surface area contributed by atoms with Gasteiger partial charge in [-0.2, -0.15) is 0 Å². The Labute approximate surface area is 272 Å². The Morgan fingerprint density at radius 3 is 1.77 bits per heavy atom. The van der Waals surface area contributed by atoms with E-state index in [0.29, 0.717) is 0 Å². The van der Waals surface area contributed by atoms with Crippen molar-refractivity contribution < 1.29 is 104 Å². The Balaban J connectivity index is 1.51. The molecule has 12 unspecified atom stereocenters. The largest absolute Gasteiger partial charge is 0.394 e. The van der Waals surface area contributed by atoms with Crippen LogP contribution in [-0.4, -0.2) is 221 Å². The van der Waals surface area contributed by atoms with Crippen molar-refractivity contribution in [3.8, 4) is 0 Å². The molecule has 0 aromatic rings. The number of ether oxygens (including phenoxy) is 7. The van der Waals surface area contributed by atoms with E-state index in [1.807, 2.05) is 0 Å². The monoisotopic (exact) mass is 707 g/mol. The fourth-order valence-corrected chi connectivity index (χ4v) is 5.83. The third-order valence-corrected chi connectivity index (χ3v) is 8.57. The van der Waals surface area contributed by atoms with Gasteiger partial charge in [-0.3, -0.25) is 4.79 Å². The summed E-state index contributed by atoms with van der Waals surface area (Å²) in [5.74, 6) is -0.715. The molecule has 4 heterocycles. The number of aliphatic hydroxyl groups excluding tert-OH is 13. The van der Waals surface area contributed by atoms with Crippen LogP contribution < -0.4 is 5.32 Å². The first kappa shape index (κ1) is 39.5. The van der Waals surface area contributed by atoms with E-state index in [1.165, 1.54) is 0 Å². The molecule has 48 heavy (non-hydrogen) atoms. The SMILES string of the molecule is CC(=O)NC1C(O)[C@H](O)C(CO[C@H]2OC(CO)[C@H](O)C(O)C2O[C@H]2O[C@@H](C(O)CO)C(O)C2O)O[C@H]1OC1C(O)[C@H](O)C(CO)O[C@@H]1O. The predicted octanol–water partition coefficient (Wildman–Crippen LogP) is -9.61. The van der Waals surface area contributed by atoms with E-state index in [4.69, 9.17) is 33.2 Å². The van der Waals surface area contributed by atoms with Gasteiger partial charge in [0.05, 0.1) is 26.4 Å². The highest BCUT2D eigenvalue weighted by molar-refractivity contribution is 5.73. The molecule has 4 saturated heterocycles. The average molecular weight is 708 g/mol. The normalized spacial score (nSPS) is 49.1. The third-order valence-electron chi connectivity index (χ3n) is 8.57. The number of carbonyl (C=O) groups is 1. The molecule has 4 aliphatic heterocycles. The summed E-state index contributed by atoms with van der Waals surface area (Å²) < 4.78 is 38.5. The Kier molecular flexibility index (Phi) is 13.8. The van der Waals surface area contributed by atoms with E-state index in [-0.39, 0.29) is 0 Å². The molecule has 4 fully saturated rings. The van der Waals surface area contributed by atoms with Crippen LogP contribution in [0.4, 0.5) is 0 Å². The van der Waals surface area contributed by atoms with Crippen LogP contribution in [0.5, 0.6) is 0 Å². The van der Waals surface area contributed by atoms with Crippen molar-refractivity contribution in [2.75, 3.05) is 26.4 Å². The zero-order chi connectivity index (χ0) is 35.6. The van der Waals surface area contributed by atoms with Gasteiger partial charge in [0.25, 0.3) is 0 Å². The van der Waals surface area contributed by atoms with Gasteiger partial charge in [0.1, 0.15) is 97.6 Å². The first-order chi connectivity index (χ1) is 22.6. The zero-order valence-corrected chi connectivity index (χ0v) is 25.5. The van der Waals surface area contributed by atoms with Crippen molar-refractivity contribution >= 4 is 5.91 Å². The number of nitrogens with one attached hydrogen (secondary N) is 1.